The smallest absolute Gasteiger partial charge is 0.330 e. The van der Waals surface area contributed by atoms with Crippen molar-refractivity contribution in [2.45, 2.75) is 20.0 Å². The number of allylic oxidation sites excluding steroid dienone is 1. The fourth-order valence-corrected chi connectivity index (χ4v) is 3.46. The zero-order valence-electron chi connectivity index (χ0n) is 17.1. The van der Waals surface area contributed by atoms with Crippen LogP contribution in [0.3, 0.4) is 0 Å². The summed E-state index contributed by atoms with van der Waals surface area (Å²) in [6.07, 6.45) is 1.91. The number of carbonyl (C=O) groups excluding carboxylic acids is 2. The van der Waals surface area contributed by atoms with Crippen LogP contribution >= 0.6 is 0 Å². The van der Waals surface area contributed by atoms with Gasteiger partial charge in [0.05, 0.1) is 13.0 Å². The molecule has 3 unspecified atom stereocenters. The average Bonchev–Trinajstić information content (AvgIpc) is 3.31. The summed E-state index contributed by atoms with van der Waals surface area (Å²) in [6.45, 7) is 3.84. The lowest BCUT2D eigenvalue weighted by atomic mass is 10.1. The molecule has 0 bridgehead atoms. The van der Waals surface area contributed by atoms with Crippen LogP contribution in [0.4, 0.5) is 0 Å². The van der Waals surface area contributed by atoms with Gasteiger partial charge in [0.2, 0.25) is 6.10 Å². The van der Waals surface area contributed by atoms with E-state index in [4.69, 9.17) is 9.47 Å². The number of nitriles is 1. The fraction of sp³-hybridized carbons (Fsp3) is 0.292. The van der Waals surface area contributed by atoms with Gasteiger partial charge >= 0.3 is 11.9 Å². The number of nitrogens with zero attached hydrogens (tertiary/aromatic N) is 1. The SMILES string of the molecule is COC(=O)/C=C\C1C(C(=O)OC(C#N)c2cccc(Oc3ccccc3)c2)C1(C)C. The maximum atomic E-state index is 12.7. The molecule has 0 radical (unpaired) electrons. The Morgan fingerprint density at radius 3 is 2.47 bits per heavy atom. The molecule has 0 N–H and O–H groups in total. The third-order valence-corrected chi connectivity index (χ3v) is 5.30. The topological polar surface area (TPSA) is 85.6 Å². The van der Waals surface area contributed by atoms with Gasteiger partial charge in [-0.3, -0.25) is 4.79 Å². The first kappa shape index (κ1) is 21.1. The number of hydrogen-bond donors (Lipinski definition) is 0. The Bertz CT molecular complexity index is 990. The van der Waals surface area contributed by atoms with E-state index < -0.39 is 24.0 Å². The molecule has 0 amide bonds. The molecule has 0 aromatic heterocycles. The molecular formula is C24H23NO5. The highest BCUT2D eigenvalue weighted by atomic mass is 16.5. The summed E-state index contributed by atoms with van der Waals surface area (Å²) in [5, 5.41) is 9.57. The lowest BCUT2D eigenvalue weighted by Gasteiger charge is -2.13. The number of esters is 2. The second kappa shape index (κ2) is 8.83. The molecule has 1 aliphatic carbocycles. The van der Waals surface area contributed by atoms with Crippen LogP contribution in [0.25, 0.3) is 0 Å². The van der Waals surface area contributed by atoms with Crippen LogP contribution in [0.15, 0.2) is 66.7 Å². The van der Waals surface area contributed by atoms with Gasteiger partial charge in [0.25, 0.3) is 0 Å². The van der Waals surface area contributed by atoms with E-state index in [0.29, 0.717) is 17.1 Å². The molecule has 0 spiro atoms. The molecule has 3 atom stereocenters. The van der Waals surface area contributed by atoms with Gasteiger partial charge in [0, 0.05) is 11.6 Å². The monoisotopic (exact) mass is 405 g/mol. The van der Waals surface area contributed by atoms with Gasteiger partial charge in [-0.2, -0.15) is 5.26 Å². The molecule has 0 aliphatic heterocycles. The molecule has 6 nitrogen and oxygen atoms in total. The van der Waals surface area contributed by atoms with Crippen LogP contribution in [-0.4, -0.2) is 19.0 Å². The van der Waals surface area contributed by atoms with E-state index >= 15 is 0 Å². The number of carbonyl (C=O) groups is 2. The van der Waals surface area contributed by atoms with Gasteiger partial charge in [-0.25, -0.2) is 4.79 Å². The minimum Gasteiger partial charge on any atom is -0.466 e. The number of rotatable bonds is 7. The molecule has 30 heavy (non-hydrogen) atoms. The van der Waals surface area contributed by atoms with Gasteiger partial charge in [0.1, 0.15) is 17.6 Å². The zero-order valence-corrected chi connectivity index (χ0v) is 17.1. The Balaban J connectivity index is 1.69. The van der Waals surface area contributed by atoms with Crippen molar-refractivity contribution in [3.63, 3.8) is 0 Å². The Hall–Kier alpha value is -3.59. The van der Waals surface area contributed by atoms with Gasteiger partial charge in [-0.15, -0.1) is 0 Å². The molecular weight excluding hydrogens is 382 g/mol. The summed E-state index contributed by atoms with van der Waals surface area (Å²) in [7, 11) is 1.30. The Kier molecular flexibility index (Phi) is 6.22. The molecule has 3 rings (SSSR count). The van der Waals surface area contributed by atoms with Crippen LogP contribution in [0.5, 0.6) is 11.5 Å². The van der Waals surface area contributed by atoms with Crippen molar-refractivity contribution < 1.29 is 23.8 Å². The second-order valence-corrected chi connectivity index (χ2v) is 7.64. The highest BCUT2D eigenvalue weighted by molar-refractivity contribution is 5.83. The predicted molar refractivity (Wildman–Crippen MR) is 109 cm³/mol. The molecule has 2 aromatic rings. The van der Waals surface area contributed by atoms with Gasteiger partial charge in [-0.05, 0) is 35.6 Å². The quantitative estimate of drug-likeness (QED) is 0.495. The summed E-state index contributed by atoms with van der Waals surface area (Å²) < 4.78 is 15.9. The number of benzene rings is 2. The van der Waals surface area contributed by atoms with E-state index in [1.807, 2.05) is 50.2 Å². The van der Waals surface area contributed by atoms with Crippen molar-refractivity contribution in [3.05, 3.63) is 72.3 Å². The van der Waals surface area contributed by atoms with Gasteiger partial charge in [-0.1, -0.05) is 50.3 Å². The van der Waals surface area contributed by atoms with Crippen molar-refractivity contribution in [1.82, 2.24) is 0 Å². The third-order valence-electron chi connectivity index (χ3n) is 5.30. The lowest BCUT2D eigenvalue weighted by molar-refractivity contribution is -0.149. The maximum Gasteiger partial charge on any atom is 0.330 e. The Morgan fingerprint density at radius 1 is 1.10 bits per heavy atom. The van der Waals surface area contributed by atoms with Crippen LogP contribution in [0, 0.1) is 28.6 Å². The first-order valence-corrected chi connectivity index (χ1v) is 9.56. The molecule has 6 heteroatoms. The normalized spacial score (nSPS) is 20.1. The van der Waals surface area contributed by atoms with Gasteiger partial charge in [0.15, 0.2) is 0 Å². The van der Waals surface area contributed by atoms with Gasteiger partial charge < -0.3 is 14.2 Å². The first-order chi connectivity index (χ1) is 14.4. The van der Waals surface area contributed by atoms with E-state index in [0.717, 1.165) is 0 Å². The van der Waals surface area contributed by atoms with Crippen LogP contribution < -0.4 is 4.74 Å². The summed E-state index contributed by atoms with van der Waals surface area (Å²) >= 11 is 0. The van der Waals surface area contributed by atoms with Crippen molar-refractivity contribution in [2.24, 2.45) is 17.3 Å². The number of ether oxygens (including phenoxy) is 3. The van der Waals surface area contributed by atoms with Crippen molar-refractivity contribution in [3.8, 4) is 17.6 Å². The van der Waals surface area contributed by atoms with Crippen LogP contribution in [-0.2, 0) is 19.1 Å². The standard InChI is InChI=1S/C24H23NO5/c1-24(2)19(12-13-21(26)28-3)22(24)23(27)30-20(15-25)16-8-7-11-18(14-16)29-17-9-5-4-6-10-17/h4-14,19-20,22H,1-3H3/b13-12-. The van der Waals surface area contributed by atoms with E-state index in [1.165, 1.54) is 13.2 Å². The van der Waals surface area contributed by atoms with E-state index in [-0.39, 0.29) is 11.3 Å². The van der Waals surface area contributed by atoms with E-state index in [1.54, 1.807) is 30.3 Å². The number of para-hydroxylation sites is 1. The molecule has 154 valence electrons. The highest BCUT2D eigenvalue weighted by Gasteiger charge is 2.61. The lowest BCUT2D eigenvalue weighted by Crippen LogP contribution is -2.14. The molecule has 0 saturated heterocycles. The largest absolute Gasteiger partial charge is 0.466 e. The van der Waals surface area contributed by atoms with Crippen LogP contribution in [0.1, 0.15) is 25.5 Å². The molecule has 1 aliphatic rings. The summed E-state index contributed by atoms with van der Waals surface area (Å²) in [5.74, 6) is -0.328. The fourth-order valence-electron chi connectivity index (χ4n) is 3.46. The van der Waals surface area contributed by atoms with Crippen molar-refractivity contribution in [1.29, 1.82) is 5.26 Å². The highest BCUT2D eigenvalue weighted by Crippen LogP contribution is 2.59. The minimum atomic E-state index is -1.06. The minimum absolute atomic E-state index is 0.156. The third kappa shape index (κ3) is 4.69. The summed E-state index contributed by atoms with van der Waals surface area (Å²) in [6, 6.07) is 18.2. The number of methoxy groups -OCH3 is 1. The molecule has 1 saturated carbocycles. The Labute approximate surface area is 175 Å². The predicted octanol–water partition coefficient (Wildman–Crippen LogP) is 4.59. The summed E-state index contributed by atoms with van der Waals surface area (Å²) in [4.78, 5) is 24.0. The Morgan fingerprint density at radius 2 is 1.80 bits per heavy atom. The second-order valence-electron chi connectivity index (χ2n) is 7.64. The van der Waals surface area contributed by atoms with E-state index in [2.05, 4.69) is 4.74 Å². The summed E-state index contributed by atoms with van der Waals surface area (Å²) in [5.41, 5.74) is 0.166. The van der Waals surface area contributed by atoms with E-state index in [9.17, 15) is 14.9 Å². The first-order valence-electron chi connectivity index (χ1n) is 9.56. The molecule has 0 heterocycles. The number of hydrogen-bond acceptors (Lipinski definition) is 6. The molecule has 2 aromatic carbocycles. The van der Waals surface area contributed by atoms with Crippen LogP contribution in [0.2, 0.25) is 0 Å². The average molecular weight is 405 g/mol. The zero-order chi connectivity index (χ0) is 21.7. The molecule has 1 fully saturated rings. The van der Waals surface area contributed by atoms with Crippen molar-refractivity contribution >= 4 is 11.9 Å². The maximum absolute atomic E-state index is 12.7. The van der Waals surface area contributed by atoms with Crippen molar-refractivity contribution in [2.75, 3.05) is 7.11 Å².